The Balaban J connectivity index is 2.31. The average molecular weight is 438 g/mol. The van der Waals surface area contributed by atoms with Crippen LogP contribution >= 0.6 is 0 Å². The summed E-state index contributed by atoms with van der Waals surface area (Å²) < 4.78 is 50.0. The van der Waals surface area contributed by atoms with E-state index in [9.17, 15) is 21.6 Å². The molecule has 2 aromatic rings. The highest BCUT2D eigenvalue weighted by Crippen LogP contribution is 2.23. The van der Waals surface area contributed by atoms with E-state index in [1.165, 1.54) is 47.4 Å². The summed E-state index contributed by atoms with van der Waals surface area (Å²) in [5.74, 6) is -0.417. The Hall–Kier alpha value is -2.53. The van der Waals surface area contributed by atoms with Crippen molar-refractivity contribution in [1.82, 2.24) is 9.62 Å². The molecule has 0 spiro atoms. The first-order chi connectivity index (χ1) is 13.5. The van der Waals surface area contributed by atoms with Crippen LogP contribution in [0, 0.1) is 0 Å². The van der Waals surface area contributed by atoms with E-state index in [4.69, 9.17) is 5.14 Å². The second-order valence-corrected chi connectivity index (χ2v) is 9.71. The SMILES string of the molecule is C=CCNS(=O)(=O)c1cccc(C(=O)N(C)C(C)c2cccc(S(N)(=O)=O)c2)c1. The Kier molecular flexibility index (Phi) is 6.96. The number of primary sulfonamides is 1. The molecule has 0 heterocycles. The summed E-state index contributed by atoms with van der Waals surface area (Å²) in [7, 11) is -6.09. The lowest BCUT2D eigenvalue weighted by atomic mass is 10.1. The fraction of sp³-hybridized carbons (Fsp3) is 0.211. The Morgan fingerprint density at radius 1 is 1.14 bits per heavy atom. The molecule has 0 aliphatic rings. The summed E-state index contributed by atoms with van der Waals surface area (Å²) in [6.07, 6.45) is 1.41. The lowest BCUT2D eigenvalue weighted by molar-refractivity contribution is 0.0742. The van der Waals surface area contributed by atoms with Gasteiger partial charge in [0.2, 0.25) is 20.0 Å². The molecule has 0 bridgehead atoms. The predicted octanol–water partition coefficient (Wildman–Crippen LogP) is 1.63. The average Bonchev–Trinajstić information content (AvgIpc) is 2.70. The van der Waals surface area contributed by atoms with Crippen LogP contribution in [0.2, 0.25) is 0 Å². The number of hydrogen-bond donors (Lipinski definition) is 2. The largest absolute Gasteiger partial charge is 0.335 e. The maximum Gasteiger partial charge on any atom is 0.254 e. The van der Waals surface area contributed by atoms with Gasteiger partial charge < -0.3 is 4.90 Å². The van der Waals surface area contributed by atoms with Crippen molar-refractivity contribution in [1.29, 1.82) is 0 Å². The number of carbonyl (C=O) groups excluding carboxylic acids is 1. The smallest absolute Gasteiger partial charge is 0.254 e. The van der Waals surface area contributed by atoms with Crippen LogP contribution in [-0.4, -0.2) is 41.2 Å². The van der Waals surface area contributed by atoms with Crippen molar-refractivity contribution < 1.29 is 21.6 Å². The van der Waals surface area contributed by atoms with Gasteiger partial charge >= 0.3 is 0 Å². The van der Waals surface area contributed by atoms with Gasteiger partial charge in [-0.2, -0.15) is 0 Å². The van der Waals surface area contributed by atoms with Crippen LogP contribution in [-0.2, 0) is 20.0 Å². The van der Waals surface area contributed by atoms with Crippen molar-refractivity contribution in [3.05, 3.63) is 72.3 Å². The van der Waals surface area contributed by atoms with Crippen LogP contribution in [0.15, 0.2) is 71.0 Å². The van der Waals surface area contributed by atoms with Crippen molar-refractivity contribution in [2.45, 2.75) is 22.8 Å². The van der Waals surface area contributed by atoms with Crippen LogP contribution in [0.25, 0.3) is 0 Å². The minimum absolute atomic E-state index is 0.0394. The monoisotopic (exact) mass is 437 g/mol. The number of carbonyl (C=O) groups is 1. The zero-order valence-corrected chi connectivity index (χ0v) is 17.7. The van der Waals surface area contributed by atoms with E-state index in [0.29, 0.717) is 5.56 Å². The Morgan fingerprint density at radius 3 is 2.38 bits per heavy atom. The highest BCUT2D eigenvalue weighted by atomic mass is 32.2. The van der Waals surface area contributed by atoms with Gasteiger partial charge in [-0.3, -0.25) is 4.79 Å². The van der Waals surface area contributed by atoms with Crippen LogP contribution in [0.3, 0.4) is 0 Å². The van der Waals surface area contributed by atoms with Crippen LogP contribution in [0.5, 0.6) is 0 Å². The van der Waals surface area contributed by atoms with Gasteiger partial charge in [-0.25, -0.2) is 26.7 Å². The molecule has 2 rings (SSSR count). The van der Waals surface area contributed by atoms with Crippen LogP contribution in [0.4, 0.5) is 0 Å². The molecule has 0 aromatic heterocycles. The quantitative estimate of drug-likeness (QED) is 0.607. The highest BCUT2D eigenvalue weighted by molar-refractivity contribution is 7.89. The molecule has 0 saturated carbocycles. The number of nitrogens with one attached hydrogen (secondary N) is 1. The third-order valence-corrected chi connectivity index (χ3v) is 6.71. The standard InChI is InChI=1S/C19H23N3O5S2/c1-4-11-21-29(26,27)18-10-6-8-16(13-18)19(23)22(3)14(2)15-7-5-9-17(12-15)28(20,24)25/h4-10,12-14,21H,1,11H2,2-3H3,(H2,20,24,25). The summed E-state index contributed by atoms with van der Waals surface area (Å²) in [5, 5.41) is 5.17. The molecule has 2 aromatic carbocycles. The van der Waals surface area contributed by atoms with Crippen LogP contribution < -0.4 is 9.86 Å². The van der Waals surface area contributed by atoms with Gasteiger partial charge in [0.15, 0.2) is 0 Å². The van der Waals surface area contributed by atoms with E-state index in [-0.39, 0.29) is 21.9 Å². The van der Waals surface area contributed by atoms with E-state index in [1.54, 1.807) is 26.1 Å². The molecule has 29 heavy (non-hydrogen) atoms. The lowest BCUT2D eigenvalue weighted by Crippen LogP contribution is -2.30. The normalized spacial score (nSPS) is 12.9. The van der Waals surface area contributed by atoms with Crippen LogP contribution in [0.1, 0.15) is 28.9 Å². The summed E-state index contributed by atoms with van der Waals surface area (Å²) in [6, 6.07) is 11.2. The minimum atomic E-state index is -3.87. The second kappa shape index (κ2) is 8.87. The number of nitrogens with two attached hydrogens (primary N) is 1. The zero-order valence-electron chi connectivity index (χ0n) is 16.1. The van der Waals surface area contributed by atoms with Gasteiger partial charge in [-0.15, -0.1) is 6.58 Å². The number of nitrogens with zero attached hydrogens (tertiary/aromatic N) is 1. The Bertz CT molecular complexity index is 1130. The molecular weight excluding hydrogens is 414 g/mol. The van der Waals surface area contributed by atoms with E-state index in [0.717, 1.165) is 0 Å². The predicted molar refractivity (Wildman–Crippen MR) is 110 cm³/mol. The molecular formula is C19H23N3O5S2. The zero-order chi connectivity index (χ0) is 21.8. The Morgan fingerprint density at radius 2 is 1.76 bits per heavy atom. The molecule has 0 fully saturated rings. The van der Waals surface area contributed by atoms with Gasteiger partial charge in [-0.1, -0.05) is 24.3 Å². The van der Waals surface area contributed by atoms with Crippen molar-refractivity contribution >= 4 is 26.0 Å². The van der Waals surface area contributed by atoms with Crippen molar-refractivity contribution in [2.24, 2.45) is 5.14 Å². The molecule has 1 amide bonds. The molecule has 0 saturated heterocycles. The third kappa shape index (κ3) is 5.51. The molecule has 1 unspecified atom stereocenters. The van der Waals surface area contributed by atoms with E-state index in [1.807, 2.05) is 0 Å². The minimum Gasteiger partial charge on any atom is -0.335 e. The van der Waals surface area contributed by atoms with E-state index < -0.39 is 32.0 Å². The molecule has 1 atom stereocenters. The van der Waals surface area contributed by atoms with Gasteiger partial charge in [0.1, 0.15) is 0 Å². The van der Waals surface area contributed by atoms with Crippen molar-refractivity contribution in [2.75, 3.05) is 13.6 Å². The summed E-state index contributed by atoms with van der Waals surface area (Å²) >= 11 is 0. The van der Waals surface area contributed by atoms with E-state index in [2.05, 4.69) is 11.3 Å². The molecule has 0 aliphatic carbocycles. The summed E-state index contributed by atoms with van der Waals surface area (Å²) in [6.45, 7) is 5.26. The highest BCUT2D eigenvalue weighted by Gasteiger charge is 2.22. The summed E-state index contributed by atoms with van der Waals surface area (Å²) in [5.41, 5.74) is 0.757. The number of rotatable bonds is 8. The second-order valence-electron chi connectivity index (χ2n) is 6.38. The number of amides is 1. The lowest BCUT2D eigenvalue weighted by Gasteiger charge is -2.26. The van der Waals surface area contributed by atoms with Gasteiger partial charge in [-0.05, 0) is 42.8 Å². The maximum atomic E-state index is 12.9. The first kappa shape index (κ1) is 22.8. The number of sulfonamides is 2. The molecule has 8 nitrogen and oxygen atoms in total. The maximum absolute atomic E-state index is 12.9. The van der Waals surface area contributed by atoms with Gasteiger partial charge in [0.25, 0.3) is 5.91 Å². The van der Waals surface area contributed by atoms with Gasteiger partial charge in [0, 0.05) is 19.2 Å². The molecule has 3 N–H and O–H groups in total. The van der Waals surface area contributed by atoms with Crippen molar-refractivity contribution in [3.8, 4) is 0 Å². The molecule has 0 aliphatic heterocycles. The molecule has 0 radical (unpaired) electrons. The van der Waals surface area contributed by atoms with Crippen molar-refractivity contribution in [3.63, 3.8) is 0 Å². The molecule has 156 valence electrons. The topological polar surface area (TPSA) is 127 Å². The summed E-state index contributed by atoms with van der Waals surface area (Å²) in [4.78, 5) is 14.2. The third-order valence-electron chi connectivity index (χ3n) is 4.38. The van der Waals surface area contributed by atoms with Gasteiger partial charge in [0.05, 0.1) is 15.8 Å². The number of benzene rings is 2. The Labute approximate surface area is 171 Å². The van der Waals surface area contributed by atoms with E-state index >= 15 is 0 Å². The first-order valence-electron chi connectivity index (χ1n) is 8.58. The fourth-order valence-corrected chi connectivity index (χ4v) is 4.22. The first-order valence-corrected chi connectivity index (χ1v) is 11.6. The fourth-order valence-electron chi connectivity index (χ4n) is 2.60. The number of hydrogen-bond acceptors (Lipinski definition) is 5. The molecule has 10 heteroatoms.